The van der Waals surface area contributed by atoms with Gasteiger partial charge in [-0.15, -0.1) is 0 Å². The molecule has 3 aromatic rings. The number of rotatable bonds is 5. The largest absolute Gasteiger partial charge is 0.452 e. The van der Waals surface area contributed by atoms with E-state index >= 15 is 0 Å². The number of hydrogen-bond acceptors (Lipinski definition) is 6. The van der Waals surface area contributed by atoms with Crippen molar-refractivity contribution >= 4 is 28.8 Å². The Labute approximate surface area is 189 Å². The van der Waals surface area contributed by atoms with Crippen LogP contribution in [0.4, 0.5) is 4.79 Å². The number of imide groups is 1. The first-order chi connectivity index (χ1) is 16.0. The van der Waals surface area contributed by atoms with Crippen LogP contribution in [0.2, 0.25) is 0 Å². The number of amides is 3. The van der Waals surface area contributed by atoms with Gasteiger partial charge in [0.15, 0.2) is 6.61 Å². The molecule has 0 radical (unpaired) electrons. The summed E-state index contributed by atoms with van der Waals surface area (Å²) in [7, 11) is 0. The lowest BCUT2D eigenvalue weighted by molar-refractivity contribution is -0.123. The number of hydrogen-bond donors (Lipinski definition) is 2. The molecule has 0 atom stereocenters. The van der Waals surface area contributed by atoms with Crippen LogP contribution in [-0.4, -0.2) is 34.1 Å². The fourth-order valence-corrected chi connectivity index (χ4v) is 3.74. The molecule has 0 saturated heterocycles. The third-order valence-electron chi connectivity index (χ3n) is 5.44. The highest BCUT2D eigenvalue weighted by Crippen LogP contribution is 2.16. The summed E-state index contributed by atoms with van der Waals surface area (Å²) < 4.78 is 6.73. The van der Waals surface area contributed by atoms with Crippen LogP contribution in [0.1, 0.15) is 41.0 Å². The first-order valence-corrected chi connectivity index (χ1v) is 10.8. The average Bonchev–Trinajstić information content (AvgIpc) is 3.07. The van der Waals surface area contributed by atoms with E-state index in [9.17, 15) is 19.2 Å². The van der Waals surface area contributed by atoms with E-state index in [2.05, 4.69) is 15.6 Å². The minimum absolute atomic E-state index is 0.113. The zero-order valence-corrected chi connectivity index (χ0v) is 18.0. The SMILES string of the molecule is O=C(COC(=O)c1ccc2c(=O)n3c(nc2c1)CCCCC3)NC(=O)NCc1ccccc1. The number of aryl methyl sites for hydroxylation is 1. The van der Waals surface area contributed by atoms with Gasteiger partial charge in [-0.3, -0.25) is 19.5 Å². The second kappa shape index (κ2) is 10.1. The van der Waals surface area contributed by atoms with E-state index in [-0.39, 0.29) is 17.7 Å². The van der Waals surface area contributed by atoms with Crippen molar-refractivity contribution in [3.63, 3.8) is 0 Å². The van der Waals surface area contributed by atoms with Gasteiger partial charge >= 0.3 is 12.0 Å². The Balaban J connectivity index is 1.35. The topological polar surface area (TPSA) is 119 Å². The quantitative estimate of drug-likeness (QED) is 0.578. The third-order valence-corrected chi connectivity index (χ3v) is 5.44. The maximum absolute atomic E-state index is 12.8. The molecule has 2 aromatic carbocycles. The Bertz CT molecular complexity index is 1250. The Morgan fingerprint density at radius 1 is 1.03 bits per heavy atom. The number of aromatic nitrogens is 2. The summed E-state index contributed by atoms with van der Waals surface area (Å²) in [6.45, 7) is 0.290. The number of nitrogens with zero attached hydrogens (tertiary/aromatic N) is 2. The van der Waals surface area contributed by atoms with Crippen LogP contribution in [0.5, 0.6) is 0 Å². The molecule has 0 unspecified atom stereocenters. The molecule has 4 rings (SSSR count). The van der Waals surface area contributed by atoms with Crippen molar-refractivity contribution in [3.8, 4) is 0 Å². The highest BCUT2D eigenvalue weighted by atomic mass is 16.5. The molecule has 1 aromatic heterocycles. The molecule has 0 aliphatic carbocycles. The molecule has 2 heterocycles. The lowest BCUT2D eigenvalue weighted by Crippen LogP contribution is -2.41. The second-order valence-corrected chi connectivity index (χ2v) is 7.82. The number of fused-ring (bicyclic) bond motifs is 2. The van der Waals surface area contributed by atoms with Crippen molar-refractivity contribution < 1.29 is 19.1 Å². The zero-order chi connectivity index (χ0) is 23.2. The Morgan fingerprint density at radius 2 is 1.85 bits per heavy atom. The fourth-order valence-electron chi connectivity index (χ4n) is 3.74. The second-order valence-electron chi connectivity index (χ2n) is 7.82. The number of benzene rings is 2. The lowest BCUT2D eigenvalue weighted by Gasteiger charge is -2.11. The molecular weight excluding hydrogens is 424 g/mol. The van der Waals surface area contributed by atoms with Crippen LogP contribution >= 0.6 is 0 Å². The Hall–Kier alpha value is -4.01. The Morgan fingerprint density at radius 3 is 2.67 bits per heavy atom. The highest BCUT2D eigenvalue weighted by molar-refractivity contribution is 5.98. The first kappa shape index (κ1) is 22.2. The smallest absolute Gasteiger partial charge is 0.338 e. The molecule has 2 N–H and O–H groups in total. The number of nitrogens with one attached hydrogen (secondary N) is 2. The van der Waals surface area contributed by atoms with Gasteiger partial charge in [-0.1, -0.05) is 36.8 Å². The van der Waals surface area contributed by atoms with E-state index in [0.717, 1.165) is 30.7 Å². The van der Waals surface area contributed by atoms with Gasteiger partial charge in [0.05, 0.1) is 16.5 Å². The zero-order valence-electron chi connectivity index (χ0n) is 18.0. The van der Waals surface area contributed by atoms with Gasteiger partial charge in [-0.25, -0.2) is 14.6 Å². The monoisotopic (exact) mass is 448 g/mol. The molecule has 170 valence electrons. The van der Waals surface area contributed by atoms with Crippen molar-refractivity contribution in [2.75, 3.05) is 6.61 Å². The van der Waals surface area contributed by atoms with Crippen LogP contribution in [-0.2, 0) is 29.0 Å². The molecule has 0 bridgehead atoms. The summed E-state index contributed by atoms with van der Waals surface area (Å²) in [4.78, 5) is 53.6. The molecule has 0 saturated carbocycles. The highest BCUT2D eigenvalue weighted by Gasteiger charge is 2.17. The summed E-state index contributed by atoms with van der Waals surface area (Å²) in [5, 5.41) is 5.10. The third kappa shape index (κ3) is 5.43. The van der Waals surface area contributed by atoms with Gasteiger partial charge in [0.25, 0.3) is 11.5 Å². The van der Waals surface area contributed by atoms with Crippen LogP contribution in [0.15, 0.2) is 53.3 Å². The summed E-state index contributed by atoms with van der Waals surface area (Å²) in [6.07, 6.45) is 3.67. The van der Waals surface area contributed by atoms with Crippen molar-refractivity contribution in [3.05, 3.63) is 75.8 Å². The van der Waals surface area contributed by atoms with Gasteiger partial charge in [0, 0.05) is 19.5 Å². The predicted octanol–water partition coefficient (Wildman–Crippen LogP) is 2.31. The summed E-state index contributed by atoms with van der Waals surface area (Å²) in [5.41, 5.74) is 1.37. The number of carbonyl (C=O) groups excluding carboxylic acids is 3. The maximum Gasteiger partial charge on any atom is 0.338 e. The number of esters is 1. The van der Waals surface area contributed by atoms with E-state index in [1.54, 1.807) is 10.6 Å². The molecule has 9 heteroatoms. The fraction of sp³-hybridized carbons (Fsp3) is 0.292. The lowest BCUT2D eigenvalue weighted by atomic mass is 10.1. The van der Waals surface area contributed by atoms with Crippen molar-refractivity contribution in [1.82, 2.24) is 20.2 Å². The van der Waals surface area contributed by atoms with Gasteiger partial charge in [-0.2, -0.15) is 0 Å². The van der Waals surface area contributed by atoms with E-state index in [1.165, 1.54) is 12.1 Å². The van der Waals surface area contributed by atoms with Crippen molar-refractivity contribution in [2.45, 2.75) is 38.8 Å². The molecule has 0 fully saturated rings. The van der Waals surface area contributed by atoms with Gasteiger partial charge in [-0.05, 0) is 36.6 Å². The van der Waals surface area contributed by atoms with E-state index < -0.39 is 24.5 Å². The standard InChI is InChI=1S/C24H24N4O5/c29-21(27-24(32)25-14-16-7-3-1-4-8-16)15-33-23(31)17-10-11-18-19(13-17)26-20-9-5-2-6-12-28(20)22(18)30/h1,3-4,7-8,10-11,13H,2,5-6,9,12,14-15H2,(H2,25,27,29,32). The predicted molar refractivity (Wildman–Crippen MR) is 121 cm³/mol. The molecule has 1 aliphatic heterocycles. The van der Waals surface area contributed by atoms with Crippen molar-refractivity contribution in [1.29, 1.82) is 0 Å². The summed E-state index contributed by atoms with van der Waals surface area (Å²) >= 11 is 0. The van der Waals surface area contributed by atoms with Crippen molar-refractivity contribution in [2.24, 2.45) is 0 Å². The average molecular weight is 448 g/mol. The van der Waals surface area contributed by atoms with E-state index in [0.29, 0.717) is 23.9 Å². The van der Waals surface area contributed by atoms with Crippen LogP contribution in [0, 0.1) is 0 Å². The molecule has 1 aliphatic rings. The summed E-state index contributed by atoms with van der Waals surface area (Å²) in [5.74, 6) is -0.776. The molecule has 0 spiro atoms. The number of ether oxygens (including phenoxy) is 1. The molecule has 9 nitrogen and oxygen atoms in total. The van der Waals surface area contributed by atoms with Crippen LogP contribution in [0.25, 0.3) is 10.9 Å². The number of carbonyl (C=O) groups is 3. The molecular formula is C24H24N4O5. The normalized spacial score (nSPS) is 13.0. The van der Waals surface area contributed by atoms with Gasteiger partial charge < -0.3 is 10.1 Å². The van der Waals surface area contributed by atoms with E-state index in [4.69, 9.17) is 4.74 Å². The first-order valence-electron chi connectivity index (χ1n) is 10.8. The summed E-state index contributed by atoms with van der Waals surface area (Å²) in [6, 6.07) is 13.1. The van der Waals surface area contributed by atoms with Crippen LogP contribution < -0.4 is 16.2 Å². The number of urea groups is 1. The Kier molecular flexibility index (Phi) is 6.77. The van der Waals surface area contributed by atoms with E-state index in [1.807, 2.05) is 30.3 Å². The minimum Gasteiger partial charge on any atom is -0.452 e. The maximum atomic E-state index is 12.8. The molecule has 3 amide bonds. The van der Waals surface area contributed by atoms with Gasteiger partial charge in [0.2, 0.25) is 0 Å². The molecule has 33 heavy (non-hydrogen) atoms. The van der Waals surface area contributed by atoms with Crippen LogP contribution in [0.3, 0.4) is 0 Å². The van der Waals surface area contributed by atoms with Gasteiger partial charge in [0.1, 0.15) is 5.82 Å². The minimum atomic E-state index is -0.753.